The molecule has 0 saturated heterocycles. The van der Waals surface area contributed by atoms with Crippen LogP contribution >= 0.6 is 0 Å². The molecule has 0 radical (unpaired) electrons. The van der Waals surface area contributed by atoms with Gasteiger partial charge in [0.15, 0.2) is 0 Å². The second-order valence-corrected chi connectivity index (χ2v) is 9.37. The van der Waals surface area contributed by atoms with Crippen molar-refractivity contribution in [2.75, 3.05) is 6.54 Å². The fourth-order valence-corrected chi connectivity index (χ4v) is 4.54. The van der Waals surface area contributed by atoms with Crippen LogP contribution in [0.15, 0.2) is 66.7 Å². The number of nitrogens with zero attached hydrogens (tertiary/aromatic N) is 1. The van der Waals surface area contributed by atoms with E-state index in [1.165, 1.54) is 17.7 Å². The quantitative estimate of drug-likeness (QED) is 0.356. The van der Waals surface area contributed by atoms with E-state index >= 15 is 0 Å². The van der Waals surface area contributed by atoms with Gasteiger partial charge in [0.2, 0.25) is 5.91 Å². The molecular formula is C30H31FN2O3. The topological polar surface area (TPSA) is 79.3 Å². The maximum absolute atomic E-state index is 13.5. The second kappa shape index (κ2) is 11.8. The Bertz CT molecular complexity index is 1240. The van der Waals surface area contributed by atoms with Crippen molar-refractivity contribution < 1.29 is 19.1 Å². The van der Waals surface area contributed by atoms with Crippen LogP contribution in [0.4, 0.5) is 4.39 Å². The van der Waals surface area contributed by atoms with E-state index in [9.17, 15) is 14.0 Å². The fraction of sp³-hybridized carbons (Fsp3) is 0.300. The fourth-order valence-electron chi connectivity index (χ4n) is 4.54. The number of aliphatic carboxylic acids is 1. The second-order valence-electron chi connectivity index (χ2n) is 9.37. The summed E-state index contributed by atoms with van der Waals surface area (Å²) in [5.41, 5.74) is 5.56. The molecule has 2 aromatic carbocycles. The largest absolute Gasteiger partial charge is 0.481 e. The van der Waals surface area contributed by atoms with Crippen LogP contribution in [-0.2, 0) is 22.4 Å². The SMILES string of the molecule is CC(CNC(=O)C1C=Cc2nc(-c3ccc(F)cc3)c(CCCCC(=O)O)cc2C1)c1ccccc1. The lowest BCUT2D eigenvalue weighted by molar-refractivity contribution is -0.137. The van der Waals surface area contributed by atoms with Gasteiger partial charge >= 0.3 is 5.97 Å². The number of benzene rings is 2. The lowest BCUT2D eigenvalue weighted by atomic mass is 9.88. The molecule has 5 nitrogen and oxygen atoms in total. The number of carbonyl (C=O) groups excluding carboxylic acids is 1. The normalized spacial score (nSPS) is 15.2. The summed E-state index contributed by atoms with van der Waals surface area (Å²) in [6.07, 6.45) is 6.41. The van der Waals surface area contributed by atoms with Crippen molar-refractivity contribution in [1.29, 1.82) is 0 Å². The smallest absolute Gasteiger partial charge is 0.303 e. The number of hydrogen-bond donors (Lipinski definition) is 2. The Morgan fingerprint density at radius 1 is 1.11 bits per heavy atom. The summed E-state index contributed by atoms with van der Waals surface area (Å²) in [7, 11) is 0. The number of amides is 1. The maximum atomic E-state index is 13.5. The first-order chi connectivity index (χ1) is 17.4. The summed E-state index contributed by atoms with van der Waals surface area (Å²) in [6.45, 7) is 2.66. The zero-order valence-electron chi connectivity index (χ0n) is 20.4. The number of halogens is 1. The monoisotopic (exact) mass is 486 g/mol. The summed E-state index contributed by atoms with van der Waals surface area (Å²) in [4.78, 5) is 28.7. The summed E-state index contributed by atoms with van der Waals surface area (Å²) in [5.74, 6) is -1.19. The van der Waals surface area contributed by atoms with Crippen molar-refractivity contribution >= 4 is 18.0 Å². The number of unbranched alkanes of at least 4 members (excludes halogenated alkanes) is 1. The number of rotatable bonds is 10. The molecular weight excluding hydrogens is 455 g/mol. The zero-order chi connectivity index (χ0) is 25.5. The Morgan fingerprint density at radius 2 is 1.86 bits per heavy atom. The molecule has 2 atom stereocenters. The number of aryl methyl sites for hydroxylation is 1. The van der Waals surface area contributed by atoms with Crippen LogP contribution in [0.2, 0.25) is 0 Å². The Kier molecular flexibility index (Phi) is 8.26. The molecule has 3 aromatic rings. The van der Waals surface area contributed by atoms with E-state index in [0.29, 0.717) is 32.2 Å². The van der Waals surface area contributed by atoms with Gasteiger partial charge in [-0.15, -0.1) is 0 Å². The molecule has 0 saturated carbocycles. The average molecular weight is 487 g/mol. The molecule has 6 heteroatoms. The third-order valence-electron chi connectivity index (χ3n) is 6.63. The van der Waals surface area contributed by atoms with Gasteiger partial charge in [0.25, 0.3) is 0 Å². The van der Waals surface area contributed by atoms with Gasteiger partial charge in [-0.25, -0.2) is 9.37 Å². The standard InChI is InChI=1S/C30H31FN2O3/c1-20(21-7-3-2-4-8-21)19-32-30(36)24-13-16-27-25(18-24)17-23(9-5-6-10-28(34)35)29(33-27)22-11-14-26(31)15-12-22/h2-4,7-8,11-17,20,24H,5-6,9-10,18-19H2,1H3,(H,32,36)(H,34,35). The van der Waals surface area contributed by atoms with Gasteiger partial charge in [-0.1, -0.05) is 49.4 Å². The van der Waals surface area contributed by atoms with Crippen molar-refractivity contribution in [3.8, 4) is 11.3 Å². The van der Waals surface area contributed by atoms with Gasteiger partial charge in [-0.05, 0) is 78.6 Å². The maximum Gasteiger partial charge on any atom is 0.303 e. The molecule has 0 spiro atoms. The molecule has 4 rings (SSSR count). The summed E-state index contributed by atoms with van der Waals surface area (Å²) >= 11 is 0. The summed E-state index contributed by atoms with van der Waals surface area (Å²) in [5, 5.41) is 12.0. The van der Waals surface area contributed by atoms with Crippen molar-refractivity contribution in [1.82, 2.24) is 10.3 Å². The summed E-state index contributed by atoms with van der Waals surface area (Å²) in [6, 6.07) is 18.4. The van der Waals surface area contributed by atoms with E-state index in [4.69, 9.17) is 10.1 Å². The van der Waals surface area contributed by atoms with E-state index in [1.807, 2.05) is 30.4 Å². The number of pyridine rings is 1. The first kappa shape index (κ1) is 25.3. The molecule has 36 heavy (non-hydrogen) atoms. The molecule has 2 unspecified atom stereocenters. The van der Waals surface area contributed by atoms with Crippen LogP contribution in [0.3, 0.4) is 0 Å². The minimum absolute atomic E-state index is 0.00898. The lowest BCUT2D eigenvalue weighted by Gasteiger charge is -2.22. The molecule has 186 valence electrons. The highest BCUT2D eigenvalue weighted by Gasteiger charge is 2.23. The van der Waals surface area contributed by atoms with E-state index in [1.54, 1.807) is 12.1 Å². The number of carboxylic acids is 1. The Labute approximate surface area is 211 Å². The van der Waals surface area contributed by atoms with Crippen LogP contribution in [0.1, 0.15) is 54.5 Å². The van der Waals surface area contributed by atoms with E-state index in [0.717, 1.165) is 28.1 Å². The third kappa shape index (κ3) is 6.45. The van der Waals surface area contributed by atoms with Gasteiger partial charge in [-0.2, -0.15) is 0 Å². The predicted molar refractivity (Wildman–Crippen MR) is 139 cm³/mol. The molecule has 1 aliphatic carbocycles. The number of hydrogen-bond acceptors (Lipinski definition) is 3. The average Bonchev–Trinajstić information content (AvgIpc) is 2.89. The highest BCUT2D eigenvalue weighted by atomic mass is 19.1. The van der Waals surface area contributed by atoms with Gasteiger partial charge in [0, 0.05) is 18.5 Å². The van der Waals surface area contributed by atoms with Crippen LogP contribution in [0.25, 0.3) is 17.3 Å². The van der Waals surface area contributed by atoms with Gasteiger partial charge in [-0.3, -0.25) is 9.59 Å². The van der Waals surface area contributed by atoms with Crippen molar-refractivity contribution in [3.63, 3.8) is 0 Å². The zero-order valence-corrected chi connectivity index (χ0v) is 20.4. The molecule has 1 aliphatic rings. The van der Waals surface area contributed by atoms with Gasteiger partial charge in [0.05, 0.1) is 17.3 Å². The van der Waals surface area contributed by atoms with Gasteiger partial charge < -0.3 is 10.4 Å². The third-order valence-corrected chi connectivity index (χ3v) is 6.63. The number of nitrogens with one attached hydrogen (secondary N) is 1. The van der Waals surface area contributed by atoms with E-state index in [2.05, 4.69) is 30.4 Å². The Morgan fingerprint density at radius 3 is 2.58 bits per heavy atom. The lowest BCUT2D eigenvalue weighted by Crippen LogP contribution is -2.34. The van der Waals surface area contributed by atoms with Crippen molar-refractivity contribution in [2.45, 2.75) is 44.9 Å². The van der Waals surface area contributed by atoms with Gasteiger partial charge in [0.1, 0.15) is 5.82 Å². The molecule has 1 heterocycles. The van der Waals surface area contributed by atoms with Crippen LogP contribution in [0, 0.1) is 11.7 Å². The van der Waals surface area contributed by atoms with Crippen LogP contribution < -0.4 is 5.32 Å². The van der Waals surface area contributed by atoms with Crippen molar-refractivity contribution in [3.05, 3.63) is 94.9 Å². The van der Waals surface area contributed by atoms with E-state index in [-0.39, 0.29) is 30.0 Å². The number of fused-ring (bicyclic) bond motifs is 1. The highest BCUT2D eigenvalue weighted by molar-refractivity contribution is 5.83. The first-order valence-corrected chi connectivity index (χ1v) is 12.4. The highest BCUT2D eigenvalue weighted by Crippen LogP contribution is 2.30. The number of carboxylic acid groups (broad SMARTS) is 1. The summed E-state index contributed by atoms with van der Waals surface area (Å²) < 4.78 is 13.5. The molecule has 1 amide bonds. The van der Waals surface area contributed by atoms with Crippen molar-refractivity contribution in [2.24, 2.45) is 5.92 Å². The number of aromatic nitrogens is 1. The predicted octanol–water partition coefficient (Wildman–Crippen LogP) is 5.79. The molecule has 2 N–H and O–H groups in total. The molecule has 0 fully saturated rings. The van der Waals surface area contributed by atoms with Crippen LogP contribution in [-0.4, -0.2) is 28.5 Å². The Hall–Kier alpha value is -3.80. The minimum Gasteiger partial charge on any atom is -0.481 e. The molecule has 1 aromatic heterocycles. The van der Waals surface area contributed by atoms with Crippen LogP contribution in [0.5, 0.6) is 0 Å². The molecule has 0 aliphatic heterocycles. The first-order valence-electron chi connectivity index (χ1n) is 12.4. The minimum atomic E-state index is -0.808. The molecule has 0 bridgehead atoms. The number of carbonyl (C=O) groups is 2. The van der Waals surface area contributed by atoms with E-state index < -0.39 is 5.97 Å². The Balaban J connectivity index is 1.49.